The molecule has 22 heavy (non-hydrogen) atoms. The molecule has 1 amide bonds. The molecule has 0 heterocycles. The van der Waals surface area contributed by atoms with Crippen LogP contribution in [0.25, 0.3) is 0 Å². The first-order valence-electron chi connectivity index (χ1n) is 6.75. The van der Waals surface area contributed by atoms with E-state index in [1.165, 1.54) is 0 Å². The summed E-state index contributed by atoms with van der Waals surface area (Å²) in [5.41, 5.74) is 3.18. The van der Waals surface area contributed by atoms with Crippen molar-refractivity contribution in [2.24, 2.45) is 0 Å². The number of hydrogen-bond acceptors (Lipinski definition) is 3. The Balaban J connectivity index is 1.89. The highest BCUT2D eigenvalue weighted by molar-refractivity contribution is 14.1. The number of hydrogen-bond donors (Lipinski definition) is 1. The van der Waals surface area contributed by atoms with E-state index in [4.69, 9.17) is 4.74 Å². The monoisotopic (exact) mass is 409 g/mol. The number of nitrogens with one attached hydrogen (secondary N) is 1. The summed E-state index contributed by atoms with van der Waals surface area (Å²) in [7, 11) is 0. The molecule has 0 atom stereocenters. The number of benzene rings is 2. The third kappa shape index (κ3) is 4.56. The fourth-order valence-corrected chi connectivity index (χ4v) is 2.50. The van der Waals surface area contributed by atoms with Gasteiger partial charge in [0.25, 0.3) is 5.91 Å². The lowest BCUT2D eigenvalue weighted by Crippen LogP contribution is -2.21. The van der Waals surface area contributed by atoms with Gasteiger partial charge in [-0.2, -0.15) is 0 Å². The van der Waals surface area contributed by atoms with Gasteiger partial charge in [-0.15, -0.1) is 0 Å². The smallest absolute Gasteiger partial charge is 0.338 e. The van der Waals surface area contributed by atoms with Crippen molar-refractivity contribution in [2.75, 3.05) is 11.9 Å². The Morgan fingerprint density at radius 3 is 2.41 bits per heavy atom. The van der Waals surface area contributed by atoms with Gasteiger partial charge < -0.3 is 10.1 Å². The molecule has 4 nitrogen and oxygen atoms in total. The van der Waals surface area contributed by atoms with E-state index in [0.717, 1.165) is 20.4 Å². The van der Waals surface area contributed by atoms with Gasteiger partial charge in [0.15, 0.2) is 6.61 Å². The highest BCUT2D eigenvalue weighted by Gasteiger charge is 2.11. The van der Waals surface area contributed by atoms with Crippen molar-refractivity contribution in [3.63, 3.8) is 0 Å². The first-order valence-corrected chi connectivity index (χ1v) is 7.83. The molecule has 114 valence electrons. The van der Waals surface area contributed by atoms with Gasteiger partial charge in [-0.25, -0.2) is 4.79 Å². The molecular formula is C17H16INO3. The van der Waals surface area contributed by atoms with Crippen LogP contribution in [0.4, 0.5) is 5.69 Å². The molecule has 2 aromatic rings. The largest absolute Gasteiger partial charge is 0.452 e. The number of halogens is 1. The van der Waals surface area contributed by atoms with Crippen LogP contribution in [0.1, 0.15) is 21.5 Å². The van der Waals surface area contributed by atoms with Crippen molar-refractivity contribution in [3.05, 3.63) is 62.7 Å². The summed E-state index contributed by atoms with van der Waals surface area (Å²) in [5.74, 6) is -0.862. The van der Waals surface area contributed by atoms with E-state index in [2.05, 4.69) is 27.9 Å². The topological polar surface area (TPSA) is 55.4 Å². The summed E-state index contributed by atoms with van der Waals surface area (Å²) < 4.78 is 6.11. The van der Waals surface area contributed by atoms with Crippen molar-refractivity contribution < 1.29 is 14.3 Å². The van der Waals surface area contributed by atoms with E-state index in [0.29, 0.717) is 5.56 Å². The predicted octanol–water partition coefficient (Wildman–Crippen LogP) is 3.70. The van der Waals surface area contributed by atoms with Gasteiger partial charge in [0.05, 0.1) is 5.56 Å². The maximum absolute atomic E-state index is 11.8. The Kier molecular flexibility index (Phi) is 5.54. The Bertz CT molecular complexity index is 696. The Morgan fingerprint density at radius 2 is 1.77 bits per heavy atom. The fraction of sp³-hybridized carbons (Fsp3) is 0.176. The minimum absolute atomic E-state index is 0.307. The van der Waals surface area contributed by atoms with Crippen molar-refractivity contribution >= 4 is 40.2 Å². The van der Waals surface area contributed by atoms with E-state index in [9.17, 15) is 9.59 Å². The third-order valence-corrected chi connectivity index (χ3v) is 3.76. The van der Waals surface area contributed by atoms with Gasteiger partial charge >= 0.3 is 5.97 Å². The zero-order chi connectivity index (χ0) is 16.1. The van der Waals surface area contributed by atoms with Crippen LogP contribution < -0.4 is 5.32 Å². The average Bonchev–Trinajstić information content (AvgIpc) is 2.48. The normalized spacial score (nSPS) is 10.1. The van der Waals surface area contributed by atoms with Crippen LogP contribution >= 0.6 is 22.6 Å². The first kappa shape index (κ1) is 16.5. The molecule has 0 saturated carbocycles. The number of ether oxygens (including phenoxy) is 1. The zero-order valence-electron chi connectivity index (χ0n) is 12.4. The van der Waals surface area contributed by atoms with Crippen molar-refractivity contribution in [2.45, 2.75) is 13.8 Å². The summed E-state index contributed by atoms with van der Waals surface area (Å²) in [5, 5.41) is 2.73. The minimum atomic E-state index is -0.505. The number of esters is 1. The maximum atomic E-state index is 11.8. The van der Waals surface area contributed by atoms with E-state index >= 15 is 0 Å². The molecule has 0 unspecified atom stereocenters. The lowest BCUT2D eigenvalue weighted by molar-refractivity contribution is -0.119. The summed E-state index contributed by atoms with van der Waals surface area (Å²) in [6.45, 7) is 3.54. The molecule has 0 spiro atoms. The van der Waals surface area contributed by atoms with E-state index in [1.54, 1.807) is 12.1 Å². The molecular weight excluding hydrogens is 393 g/mol. The summed E-state index contributed by atoms with van der Waals surface area (Å²) in [6.07, 6.45) is 0. The standard InChI is InChI=1S/C17H16INO3/c1-11-3-5-13(6-4-11)17(21)22-10-16(20)19-15-8-7-14(18)9-12(15)2/h3-9H,10H2,1-2H3,(H,19,20). The van der Waals surface area contributed by atoms with Crippen LogP contribution in [-0.4, -0.2) is 18.5 Å². The van der Waals surface area contributed by atoms with Crippen molar-refractivity contribution in [3.8, 4) is 0 Å². The van der Waals surface area contributed by atoms with Crippen LogP contribution in [0.3, 0.4) is 0 Å². The Labute approximate surface area is 143 Å². The number of rotatable bonds is 4. The zero-order valence-corrected chi connectivity index (χ0v) is 14.5. The molecule has 0 aliphatic carbocycles. The van der Waals surface area contributed by atoms with Crippen molar-refractivity contribution in [1.82, 2.24) is 0 Å². The lowest BCUT2D eigenvalue weighted by Gasteiger charge is -2.09. The average molecular weight is 409 g/mol. The molecule has 2 rings (SSSR count). The van der Waals surface area contributed by atoms with Gasteiger partial charge in [-0.1, -0.05) is 17.7 Å². The lowest BCUT2D eigenvalue weighted by atomic mass is 10.1. The molecule has 0 bridgehead atoms. The quantitative estimate of drug-likeness (QED) is 0.619. The maximum Gasteiger partial charge on any atom is 0.338 e. The Hall–Kier alpha value is -1.89. The summed E-state index contributed by atoms with van der Waals surface area (Å²) in [6, 6.07) is 12.7. The third-order valence-electron chi connectivity index (χ3n) is 3.08. The second-order valence-corrected chi connectivity index (χ2v) is 6.20. The van der Waals surface area contributed by atoms with Crippen LogP contribution in [-0.2, 0) is 9.53 Å². The molecule has 1 N–H and O–H groups in total. The summed E-state index contributed by atoms with van der Waals surface area (Å²) >= 11 is 2.21. The van der Waals surface area contributed by atoms with E-state index < -0.39 is 5.97 Å². The molecule has 0 radical (unpaired) electrons. The predicted molar refractivity (Wildman–Crippen MR) is 94.0 cm³/mol. The van der Waals surface area contributed by atoms with Crippen LogP contribution in [0.15, 0.2) is 42.5 Å². The molecule has 5 heteroatoms. The number of anilines is 1. The molecule has 0 saturated heterocycles. The van der Waals surface area contributed by atoms with Crippen LogP contribution in [0.5, 0.6) is 0 Å². The molecule has 0 aromatic heterocycles. The molecule has 0 fully saturated rings. The van der Waals surface area contributed by atoms with Crippen molar-refractivity contribution in [1.29, 1.82) is 0 Å². The van der Waals surface area contributed by atoms with Gasteiger partial charge in [0.2, 0.25) is 0 Å². The number of carbonyl (C=O) groups is 2. The van der Waals surface area contributed by atoms with Gasteiger partial charge in [0.1, 0.15) is 0 Å². The minimum Gasteiger partial charge on any atom is -0.452 e. The number of amides is 1. The second-order valence-electron chi connectivity index (χ2n) is 4.95. The highest BCUT2D eigenvalue weighted by Crippen LogP contribution is 2.17. The molecule has 0 aliphatic heterocycles. The number of aryl methyl sites for hydroxylation is 2. The van der Waals surface area contributed by atoms with Crippen LogP contribution in [0.2, 0.25) is 0 Å². The number of carbonyl (C=O) groups excluding carboxylic acids is 2. The van der Waals surface area contributed by atoms with Gasteiger partial charge in [-0.3, -0.25) is 4.79 Å². The summed E-state index contributed by atoms with van der Waals surface area (Å²) in [4.78, 5) is 23.7. The van der Waals surface area contributed by atoms with E-state index in [-0.39, 0.29) is 12.5 Å². The van der Waals surface area contributed by atoms with Gasteiger partial charge in [0, 0.05) is 9.26 Å². The molecule has 0 aliphatic rings. The van der Waals surface area contributed by atoms with E-state index in [1.807, 2.05) is 44.2 Å². The second kappa shape index (κ2) is 7.40. The fourth-order valence-electron chi connectivity index (χ4n) is 1.86. The Morgan fingerprint density at radius 1 is 1.09 bits per heavy atom. The SMILES string of the molecule is Cc1ccc(C(=O)OCC(=O)Nc2ccc(I)cc2C)cc1. The highest BCUT2D eigenvalue weighted by atomic mass is 127. The van der Waals surface area contributed by atoms with Crippen LogP contribution in [0, 0.1) is 17.4 Å². The van der Waals surface area contributed by atoms with Gasteiger partial charge in [-0.05, 0) is 72.3 Å². The first-order chi connectivity index (χ1) is 10.5. The molecule has 2 aromatic carbocycles.